The molecule has 0 radical (unpaired) electrons. The van der Waals surface area contributed by atoms with Crippen molar-refractivity contribution < 1.29 is 23.0 Å². The molecular weight excluding hydrogens is 396 g/mol. The molecule has 0 unspecified atom stereocenters. The predicted molar refractivity (Wildman–Crippen MR) is 102 cm³/mol. The molecule has 1 atom stereocenters. The van der Waals surface area contributed by atoms with E-state index in [1.807, 2.05) is 4.90 Å². The van der Waals surface area contributed by atoms with E-state index >= 15 is 0 Å². The Morgan fingerprint density at radius 2 is 1.93 bits per heavy atom. The van der Waals surface area contributed by atoms with E-state index in [2.05, 4.69) is 15.5 Å². The van der Waals surface area contributed by atoms with Crippen LogP contribution < -0.4 is 19.7 Å². The van der Waals surface area contributed by atoms with Gasteiger partial charge in [-0.15, -0.1) is 0 Å². The average molecular weight is 413 g/mol. The van der Waals surface area contributed by atoms with E-state index in [0.29, 0.717) is 29.2 Å². The maximum atomic E-state index is 14.8. The second-order valence-electron chi connectivity index (χ2n) is 7.07. The van der Waals surface area contributed by atoms with Gasteiger partial charge in [0.2, 0.25) is 0 Å². The van der Waals surface area contributed by atoms with Crippen molar-refractivity contribution in [3.63, 3.8) is 0 Å². The van der Waals surface area contributed by atoms with Crippen LogP contribution in [0, 0.1) is 11.6 Å². The van der Waals surface area contributed by atoms with E-state index < -0.39 is 11.6 Å². The van der Waals surface area contributed by atoms with Crippen molar-refractivity contribution in [2.45, 2.75) is 19.1 Å². The van der Waals surface area contributed by atoms with E-state index in [1.165, 1.54) is 23.0 Å². The van der Waals surface area contributed by atoms with Gasteiger partial charge in [-0.3, -0.25) is 4.79 Å². The first kappa shape index (κ1) is 18.3. The fourth-order valence-corrected chi connectivity index (χ4v) is 3.66. The van der Waals surface area contributed by atoms with E-state index in [-0.39, 0.29) is 37.5 Å². The Labute approximate surface area is 170 Å². The van der Waals surface area contributed by atoms with Gasteiger partial charge in [-0.25, -0.2) is 8.78 Å². The number of halogens is 2. The molecule has 30 heavy (non-hydrogen) atoms. The molecule has 1 amide bonds. The van der Waals surface area contributed by atoms with Crippen LogP contribution in [0.3, 0.4) is 0 Å². The number of carbonyl (C=O) groups excluding carboxylic acids is 1. The van der Waals surface area contributed by atoms with Crippen LogP contribution in [0.15, 0.2) is 42.7 Å². The minimum Gasteiger partial charge on any atom is -0.489 e. The normalized spacial score (nSPS) is 17.5. The SMILES string of the molecule is O=C1COc2cc(F)c(CN3c4ccc(F)cc4OC[C@@H]3Cn3nccn3)cc2N1. The molecule has 154 valence electrons. The number of ether oxygens (including phenoxy) is 2. The van der Waals surface area contributed by atoms with Crippen molar-refractivity contribution in [1.29, 1.82) is 0 Å². The molecule has 0 saturated carbocycles. The maximum absolute atomic E-state index is 14.8. The molecule has 1 aromatic heterocycles. The monoisotopic (exact) mass is 413 g/mol. The van der Waals surface area contributed by atoms with Crippen LogP contribution in [0.1, 0.15) is 5.56 Å². The van der Waals surface area contributed by atoms with Crippen molar-refractivity contribution in [2.24, 2.45) is 0 Å². The largest absolute Gasteiger partial charge is 0.489 e. The Morgan fingerprint density at radius 1 is 1.10 bits per heavy atom. The predicted octanol–water partition coefficient (Wildman–Crippen LogP) is 2.35. The zero-order valence-electron chi connectivity index (χ0n) is 15.7. The number of hydrogen-bond donors (Lipinski definition) is 1. The second kappa shape index (κ2) is 7.29. The Bertz CT molecular complexity index is 1110. The highest BCUT2D eigenvalue weighted by atomic mass is 19.1. The molecule has 0 fully saturated rings. The molecule has 0 bridgehead atoms. The fourth-order valence-electron chi connectivity index (χ4n) is 3.66. The van der Waals surface area contributed by atoms with Gasteiger partial charge in [0.25, 0.3) is 5.91 Å². The van der Waals surface area contributed by atoms with Crippen molar-refractivity contribution in [1.82, 2.24) is 15.0 Å². The summed E-state index contributed by atoms with van der Waals surface area (Å²) in [7, 11) is 0. The lowest BCUT2D eigenvalue weighted by atomic mass is 10.1. The molecule has 0 spiro atoms. The summed E-state index contributed by atoms with van der Waals surface area (Å²) < 4.78 is 39.6. The van der Waals surface area contributed by atoms with Gasteiger partial charge in [0.1, 0.15) is 29.7 Å². The van der Waals surface area contributed by atoms with E-state index in [4.69, 9.17) is 9.47 Å². The number of fused-ring (bicyclic) bond motifs is 2. The lowest BCUT2D eigenvalue weighted by molar-refractivity contribution is -0.118. The topological polar surface area (TPSA) is 81.5 Å². The first-order valence-corrected chi connectivity index (χ1v) is 9.35. The summed E-state index contributed by atoms with van der Waals surface area (Å²) in [6, 6.07) is 6.85. The Hall–Kier alpha value is -3.69. The number of carbonyl (C=O) groups is 1. The molecule has 2 aromatic carbocycles. The van der Waals surface area contributed by atoms with E-state index in [0.717, 1.165) is 0 Å². The summed E-state index contributed by atoms with van der Waals surface area (Å²) >= 11 is 0. The van der Waals surface area contributed by atoms with Crippen molar-refractivity contribution in [3.8, 4) is 11.5 Å². The molecule has 8 nitrogen and oxygen atoms in total. The first-order valence-electron chi connectivity index (χ1n) is 9.35. The van der Waals surface area contributed by atoms with Gasteiger partial charge in [0.15, 0.2) is 6.61 Å². The molecule has 5 rings (SSSR count). The fraction of sp³-hybridized carbons (Fsp3) is 0.250. The van der Waals surface area contributed by atoms with E-state index in [9.17, 15) is 13.6 Å². The van der Waals surface area contributed by atoms with Gasteiger partial charge in [-0.1, -0.05) is 0 Å². The van der Waals surface area contributed by atoms with Crippen molar-refractivity contribution >= 4 is 17.3 Å². The lowest BCUT2D eigenvalue weighted by Gasteiger charge is -2.38. The number of benzene rings is 2. The third kappa shape index (κ3) is 3.40. The minimum absolute atomic E-state index is 0.146. The first-order chi connectivity index (χ1) is 14.6. The molecule has 3 heterocycles. The maximum Gasteiger partial charge on any atom is 0.262 e. The number of aromatic nitrogens is 3. The lowest BCUT2D eigenvalue weighted by Crippen LogP contribution is -2.45. The summed E-state index contributed by atoms with van der Waals surface area (Å²) in [6.07, 6.45) is 3.15. The van der Waals surface area contributed by atoms with Crippen LogP contribution in [-0.4, -0.2) is 40.2 Å². The number of rotatable bonds is 4. The van der Waals surface area contributed by atoms with Gasteiger partial charge < -0.3 is 19.7 Å². The van der Waals surface area contributed by atoms with Crippen LogP contribution in [0.5, 0.6) is 11.5 Å². The smallest absolute Gasteiger partial charge is 0.262 e. The molecule has 0 aliphatic carbocycles. The molecule has 2 aliphatic heterocycles. The number of nitrogens with one attached hydrogen (secondary N) is 1. The number of nitrogens with zero attached hydrogens (tertiary/aromatic N) is 4. The standard InChI is InChI=1S/C20H17F2N5O3/c21-13-1-2-17-19(6-13)29-10-14(9-27-23-3-4-24-27)26(17)8-12-5-16-18(7-15(12)22)30-11-20(28)25-16/h1-7,14H,8-11H2,(H,25,28)/t14-/m0/s1. The van der Waals surface area contributed by atoms with Gasteiger partial charge in [0, 0.05) is 24.2 Å². The zero-order valence-corrected chi connectivity index (χ0v) is 15.7. The van der Waals surface area contributed by atoms with Gasteiger partial charge in [0.05, 0.1) is 36.4 Å². The summed E-state index contributed by atoms with van der Waals surface area (Å²) in [5, 5.41) is 11.0. The van der Waals surface area contributed by atoms with Gasteiger partial charge >= 0.3 is 0 Å². The minimum atomic E-state index is -0.462. The van der Waals surface area contributed by atoms with Crippen LogP contribution in [0.25, 0.3) is 0 Å². The van der Waals surface area contributed by atoms with Gasteiger partial charge in [-0.2, -0.15) is 15.0 Å². The van der Waals surface area contributed by atoms with Gasteiger partial charge in [-0.05, 0) is 18.2 Å². The molecule has 1 N–H and O–H groups in total. The molecule has 10 heteroatoms. The Morgan fingerprint density at radius 3 is 2.77 bits per heavy atom. The van der Waals surface area contributed by atoms with E-state index in [1.54, 1.807) is 24.5 Å². The average Bonchev–Trinajstić information content (AvgIpc) is 3.23. The summed E-state index contributed by atoms with van der Waals surface area (Å²) in [5.74, 6) is -0.501. The third-order valence-electron chi connectivity index (χ3n) is 5.07. The molecular formula is C20H17F2N5O3. The van der Waals surface area contributed by atoms with Crippen LogP contribution >= 0.6 is 0 Å². The van der Waals surface area contributed by atoms with Crippen LogP contribution in [0.2, 0.25) is 0 Å². The quantitative estimate of drug-likeness (QED) is 0.707. The Balaban J connectivity index is 1.51. The number of hydrogen-bond acceptors (Lipinski definition) is 6. The summed E-state index contributed by atoms with van der Waals surface area (Å²) in [5.41, 5.74) is 1.41. The van der Waals surface area contributed by atoms with Crippen molar-refractivity contribution in [3.05, 3.63) is 59.9 Å². The summed E-state index contributed by atoms with van der Waals surface area (Å²) in [4.78, 5) is 15.1. The summed E-state index contributed by atoms with van der Waals surface area (Å²) in [6.45, 7) is 0.677. The third-order valence-corrected chi connectivity index (χ3v) is 5.07. The van der Waals surface area contributed by atoms with Crippen LogP contribution in [-0.2, 0) is 17.9 Å². The van der Waals surface area contributed by atoms with Crippen LogP contribution in [0.4, 0.5) is 20.2 Å². The molecule has 3 aromatic rings. The Kier molecular flexibility index (Phi) is 4.46. The highest BCUT2D eigenvalue weighted by Gasteiger charge is 2.30. The van der Waals surface area contributed by atoms with Crippen molar-refractivity contribution in [2.75, 3.05) is 23.4 Å². The highest BCUT2D eigenvalue weighted by Crippen LogP contribution is 2.37. The molecule has 2 aliphatic rings. The molecule has 0 saturated heterocycles. The second-order valence-corrected chi connectivity index (χ2v) is 7.07. The number of anilines is 2. The zero-order chi connectivity index (χ0) is 20.7. The number of amides is 1. The highest BCUT2D eigenvalue weighted by molar-refractivity contribution is 5.95.